The molecule has 0 saturated carbocycles. The molecule has 1 saturated heterocycles. The lowest BCUT2D eigenvalue weighted by Gasteiger charge is -2.47. The fourth-order valence-electron chi connectivity index (χ4n) is 4.85. The van der Waals surface area contributed by atoms with Crippen LogP contribution in [-0.2, 0) is 19.1 Å². The minimum Gasteiger partial charge on any atom is -0.464 e. The summed E-state index contributed by atoms with van der Waals surface area (Å²) in [6, 6.07) is 16.9. The summed E-state index contributed by atoms with van der Waals surface area (Å²) >= 11 is 0. The number of carbonyl (C=O) groups excluding carboxylic acids is 4. The molecule has 1 amide bonds. The van der Waals surface area contributed by atoms with Gasteiger partial charge < -0.3 is 4.74 Å². The molecule has 0 bridgehead atoms. The Morgan fingerprint density at radius 2 is 1.61 bits per heavy atom. The third-order valence-electron chi connectivity index (χ3n) is 6.22. The molecule has 2 atom stereocenters. The van der Waals surface area contributed by atoms with E-state index in [9.17, 15) is 19.2 Å². The number of hydrogen-bond acceptors (Lipinski definition) is 5. The average molecular weight is 417 g/mol. The lowest BCUT2D eigenvalue weighted by Crippen LogP contribution is -2.65. The average Bonchev–Trinajstić information content (AvgIpc) is 2.99. The molecule has 31 heavy (non-hydrogen) atoms. The van der Waals surface area contributed by atoms with Crippen molar-refractivity contribution in [2.75, 3.05) is 11.5 Å². The molecule has 4 rings (SSSR count). The summed E-state index contributed by atoms with van der Waals surface area (Å²) in [5.74, 6) is -3.02. The summed E-state index contributed by atoms with van der Waals surface area (Å²) in [5, 5.41) is 0. The number of para-hydroxylation sites is 1. The van der Waals surface area contributed by atoms with E-state index in [4.69, 9.17) is 4.74 Å². The summed E-state index contributed by atoms with van der Waals surface area (Å²) in [6.45, 7) is 3.55. The van der Waals surface area contributed by atoms with Gasteiger partial charge in [0.25, 0.3) is 5.91 Å². The molecule has 2 aromatic rings. The molecule has 158 valence electrons. The lowest BCUT2D eigenvalue weighted by molar-refractivity contribution is -0.155. The van der Waals surface area contributed by atoms with Crippen LogP contribution in [0.15, 0.2) is 72.3 Å². The van der Waals surface area contributed by atoms with Crippen molar-refractivity contribution >= 4 is 29.1 Å². The molecule has 0 spiro atoms. The second kappa shape index (κ2) is 7.61. The highest BCUT2D eigenvalue weighted by Crippen LogP contribution is 2.56. The van der Waals surface area contributed by atoms with Gasteiger partial charge in [-0.15, -0.1) is 0 Å². The molecule has 0 radical (unpaired) electrons. The smallest absolute Gasteiger partial charge is 0.334 e. The Morgan fingerprint density at radius 3 is 2.23 bits per heavy atom. The first-order valence-electron chi connectivity index (χ1n) is 10.3. The zero-order valence-corrected chi connectivity index (χ0v) is 17.5. The van der Waals surface area contributed by atoms with Gasteiger partial charge in [0.2, 0.25) is 5.78 Å². The number of ketones is 2. The number of Topliss-reactive ketones (excluding diaryl/α,β-unsaturated/α-hetero) is 2. The molecule has 1 aliphatic heterocycles. The van der Waals surface area contributed by atoms with Crippen molar-refractivity contribution in [3.63, 3.8) is 0 Å². The van der Waals surface area contributed by atoms with E-state index in [0.717, 1.165) is 5.57 Å². The highest BCUT2D eigenvalue weighted by Gasteiger charge is 2.76. The van der Waals surface area contributed by atoms with Crippen molar-refractivity contribution in [3.05, 3.63) is 77.9 Å². The molecule has 0 unspecified atom stereocenters. The van der Waals surface area contributed by atoms with Crippen molar-refractivity contribution in [2.45, 2.75) is 32.2 Å². The SMILES string of the molecule is CCOC(=O)[C@@]12CC(C)=CC[C@]1(C(=O)c1ccccc1)C(=O)C(=O)N2c1ccccc1. The van der Waals surface area contributed by atoms with Gasteiger partial charge in [0, 0.05) is 17.7 Å². The van der Waals surface area contributed by atoms with E-state index in [1.165, 1.54) is 4.90 Å². The number of hydrogen-bond donors (Lipinski definition) is 0. The van der Waals surface area contributed by atoms with Crippen LogP contribution >= 0.6 is 0 Å². The van der Waals surface area contributed by atoms with E-state index < -0.39 is 34.4 Å². The topological polar surface area (TPSA) is 80.8 Å². The molecule has 1 aliphatic carbocycles. The van der Waals surface area contributed by atoms with Gasteiger partial charge in [-0.25, -0.2) is 4.79 Å². The number of rotatable bonds is 5. The summed E-state index contributed by atoms with van der Waals surface area (Å²) in [5.41, 5.74) is -2.21. The first-order chi connectivity index (χ1) is 14.9. The Labute approximate surface area is 180 Å². The van der Waals surface area contributed by atoms with Crippen molar-refractivity contribution < 1.29 is 23.9 Å². The van der Waals surface area contributed by atoms with E-state index in [2.05, 4.69) is 0 Å². The molecule has 2 aliphatic rings. The maximum absolute atomic E-state index is 13.9. The van der Waals surface area contributed by atoms with Gasteiger partial charge in [0.1, 0.15) is 5.41 Å². The van der Waals surface area contributed by atoms with Gasteiger partial charge in [-0.3, -0.25) is 19.3 Å². The van der Waals surface area contributed by atoms with Crippen molar-refractivity contribution in [1.29, 1.82) is 0 Å². The predicted molar refractivity (Wildman–Crippen MR) is 114 cm³/mol. The minimum atomic E-state index is -1.90. The normalized spacial score (nSPS) is 25.1. The van der Waals surface area contributed by atoms with Gasteiger partial charge in [0.05, 0.1) is 6.61 Å². The number of nitrogens with zero attached hydrogens (tertiary/aromatic N) is 1. The van der Waals surface area contributed by atoms with Crippen LogP contribution in [0.5, 0.6) is 0 Å². The Balaban J connectivity index is 2.05. The monoisotopic (exact) mass is 417 g/mol. The second-order valence-corrected chi connectivity index (χ2v) is 7.92. The number of anilines is 1. The predicted octanol–water partition coefficient (Wildman–Crippen LogP) is 3.51. The number of carbonyl (C=O) groups is 4. The van der Waals surface area contributed by atoms with Crippen LogP contribution in [0.2, 0.25) is 0 Å². The number of esters is 1. The number of amides is 1. The van der Waals surface area contributed by atoms with Gasteiger partial charge in [-0.1, -0.05) is 60.2 Å². The highest BCUT2D eigenvalue weighted by molar-refractivity contribution is 6.53. The van der Waals surface area contributed by atoms with Crippen LogP contribution in [0.3, 0.4) is 0 Å². The molecule has 0 aromatic heterocycles. The van der Waals surface area contributed by atoms with E-state index in [1.54, 1.807) is 73.7 Å². The molecular weight excluding hydrogens is 394 g/mol. The summed E-state index contributed by atoms with van der Waals surface area (Å²) in [7, 11) is 0. The minimum absolute atomic E-state index is 0.0385. The van der Waals surface area contributed by atoms with Crippen molar-refractivity contribution in [1.82, 2.24) is 0 Å². The Hall–Kier alpha value is -3.54. The van der Waals surface area contributed by atoms with E-state index in [1.807, 2.05) is 6.92 Å². The number of ether oxygens (including phenoxy) is 1. The maximum Gasteiger partial charge on any atom is 0.334 e. The Bertz CT molecular complexity index is 1090. The Kier molecular flexibility index (Phi) is 5.09. The van der Waals surface area contributed by atoms with Crippen LogP contribution in [0.25, 0.3) is 0 Å². The van der Waals surface area contributed by atoms with Gasteiger partial charge >= 0.3 is 5.97 Å². The van der Waals surface area contributed by atoms with Crippen molar-refractivity contribution in [2.24, 2.45) is 5.41 Å². The summed E-state index contributed by atoms with van der Waals surface area (Å²) < 4.78 is 5.43. The van der Waals surface area contributed by atoms with Crippen LogP contribution in [-0.4, -0.2) is 35.6 Å². The Morgan fingerprint density at radius 1 is 1.00 bits per heavy atom. The van der Waals surface area contributed by atoms with Crippen LogP contribution in [0.4, 0.5) is 5.69 Å². The fraction of sp³-hybridized carbons (Fsp3) is 0.280. The largest absolute Gasteiger partial charge is 0.464 e. The summed E-state index contributed by atoms with van der Waals surface area (Å²) in [6.07, 6.45) is 1.77. The molecule has 6 heteroatoms. The number of allylic oxidation sites excluding steroid dienone is 1. The molecule has 2 aromatic carbocycles. The highest BCUT2D eigenvalue weighted by atomic mass is 16.5. The maximum atomic E-state index is 13.9. The molecule has 1 heterocycles. The number of fused-ring (bicyclic) bond motifs is 1. The summed E-state index contributed by atoms with van der Waals surface area (Å²) in [4.78, 5) is 55.8. The van der Waals surface area contributed by atoms with Gasteiger partial charge in [-0.2, -0.15) is 0 Å². The van der Waals surface area contributed by atoms with E-state index in [0.29, 0.717) is 5.69 Å². The van der Waals surface area contributed by atoms with Crippen LogP contribution in [0.1, 0.15) is 37.0 Å². The third kappa shape index (κ3) is 2.78. The fourth-order valence-corrected chi connectivity index (χ4v) is 4.85. The lowest BCUT2D eigenvalue weighted by atomic mass is 9.58. The first kappa shape index (κ1) is 20.7. The van der Waals surface area contributed by atoms with E-state index >= 15 is 0 Å². The zero-order chi connectivity index (χ0) is 22.2. The zero-order valence-electron chi connectivity index (χ0n) is 17.5. The van der Waals surface area contributed by atoms with Crippen LogP contribution in [0, 0.1) is 5.41 Å². The standard InChI is InChI=1S/C25H23NO5/c1-3-31-23(30)25-16-17(2)14-15-24(25,20(27)18-10-6-4-7-11-18)21(28)22(29)26(25)19-12-8-5-9-13-19/h4-14H,3,15-16H2,1-2H3/t24-,25-/m0/s1. The third-order valence-corrected chi connectivity index (χ3v) is 6.22. The van der Waals surface area contributed by atoms with Crippen LogP contribution < -0.4 is 4.90 Å². The molecular formula is C25H23NO5. The van der Waals surface area contributed by atoms with Gasteiger partial charge in [-0.05, 0) is 32.4 Å². The molecule has 0 N–H and O–H groups in total. The molecule has 6 nitrogen and oxygen atoms in total. The number of benzene rings is 2. The second-order valence-electron chi connectivity index (χ2n) is 7.92. The quantitative estimate of drug-likeness (QED) is 0.245. The van der Waals surface area contributed by atoms with Crippen molar-refractivity contribution in [3.8, 4) is 0 Å². The van der Waals surface area contributed by atoms with E-state index in [-0.39, 0.29) is 25.0 Å². The molecule has 1 fully saturated rings. The van der Waals surface area contributed by atoms with Gasteiger partial charge in [0.15, 0.2) is 11.3 Å². The first-order valence-corrected chi connectivity index (χ1v) is 10.3.